The maximum Gasteiger partial charge on any atom is 0.272 e. The van der Waals surface area contributed by atoms with E-state index in [-0.39, 0.29) is 11.9 Å². The molecule has 2 aliphatic carbocycles. The van der Waals surface area contributed by atoms with Crippen LogP contribution in [0.15, 0.2) is 36.5 Å². The molecule has 0 saturated carbocycles. The minimum atomic E-state index is -0.0651. The van der Waals surface area contributed by atoms with Gasteiger partial charge in [0.05, 0.1) is 0 Å². The lowest BCUT2D eigenvalue weighted by Crippen LogP contribution is -2.39. The van der Waals surface area contributed by atoms with Gasteiger partial charge in [0.2, 0.25) is 0 Å². The van der Waals surface area contributed by atoms with E-state index in [1.54, 1.807) is 0 Å². The zero-order valence-electron chi connectivity index (χ0n) is 15.0. The Morgan fingerprint density at radius 3 is 2.93 bits per heavy atom. The highest BCUT2D eigenvalue weighted by atomic mass is 16.2. The summed E-state index contributed by atoms with van der Waals surface area (Å²) < 4.78 is 0. The molecule has 2 aromatic heterocycles. The molecule has 0 bridgehead atoms. The summed E-state index contributed by atoms with van der Waals surface area (Å²) in [5.74, 6) is 0.702. The summed E-state index contributed by atoms with van der Waals surface area (Å²) >= 11 is 0. The molecule has 1 aromatic carbocycles. The Labute approximate surface area is 157 Å². The number of carbonyl (C=O) groups excluding carboxylic acids is 1. The zero-order chi connectivity index (χ0) is 18.2. The van der Waals surface area contributed by atoms with Gasteiger partial charge in [0.1, 0.15) is 0 Å². The molecule has 0 spiro atoms. The van der Waals surface area contributed by atoms with Gasteiger partial charge in [-0.25, -0.2) is 9.97 Å². The Balaban J connectivity index is 1.30. The Kier molecular flexibility index (Phi) is 3.96. The molecular weight excluding hydrogens is 338 g/mol. The molecule has 136 valence electrons. The first kappa shape index (κ1) is 16.2. The van der Waals surface area contributed by atoms with Gasteiger partial charge < -0.3 is 5.32 Å². The van der Waals surface area contributed by atoms with Crippen molar-refractivity contribution in [3.63, 3.8) is 0 Å². The number of aromatic nitrogens is 4. The molecule has 1 amide bonds. The first-order valence-electron chi connectivity index (χ1n) is 9.55. The van der Waals surface area contributed by atoms with Gasteiger partial charge in [-0.3, -0.25) is 9.89 Å². The van der Waals surface area contributed by atoms with Crippen molar-refractivity contribution >= 4 is 5.91 Å². The van der Waals surface area contributed by atoms with Crippen molar-refractivity contribution in [3.8, 4) is 11.4 Å². The number of fused-ring (bicyclic) bond motifs is 2. The summed E-state index contributed by atoms with van der Waals surface area (Å²) in [7, 11) is 0. The normalized spacial score (nSPS) is 18.0. The van der Waals surface area contributed by atoms with Crippen LogP contribution in [0.3, 0.4) is 0 Å². The predicted octanol–water partition coefficient (Wildman–Crippen LogP) is 2.64. The third-order valence-corrected chi connectivity index (χ3v) is 5.54. The van der Waals surface area contributed by atoms with E-state index in [4.69, 9.17) is 4.98 Å². The molecule has 0 aliphatic heterocycles. The van der Waals surface area contributed by atoms with Crippen molar-refractivity contribution in [2.24, 2.45) is 0 Å². The van der Waals surface area contributed by atoms with E-state index >= 15 is 0 Å². The van der Waals surface area contributed by atoms with Crippen LogP contribution in [-0.2, 0) is 25.7 Å². The van der Waals surface area contributed by atoms with Gasteiger partial charge in [0.15, 0.2) is 11.5 Å². The van der Waals surface area contributed by atoms with Crippen molar-refractivity contribution in [3.05, 3.63) is 64.7 Å². The fourth-order valence-electron chi connectivity index (χ4n) is 4.12. The minimum absolute atomic E-state index is 0.0651. The molecule has 2 aliphatic rings. The van der Waals surface area contributed by atoms with Crippen LogP contribution in [0.5, 0.6) is 0 Å². The Morgan fingerprint density at radius 1 is 1.15 bits per heavy atom. The van der Waals surface area contributed by atoms with Gasteiger partial charge >= 0.3 is 0 Å². The van der Waals surface area contributed by atoms with Gasteiger partial charge in [-0.15, -0.1) is 0 Å². The number of benzene rings is 1. The van der Waals surface area contributed by atoms with E-state index < -0.39 is 0 Å². The molecule has 6 nitrogen and oxygen atoms in total. The SMILES string of the molecule is O=C(NC1CCc2nc(-c3ccccc3)ncc2C1)c1n[nH]c2c1CCC2. The average Bonchev–Trinajstić information content (AvgIpc) is 3.32. The van der Waals surface area contributed by atoms with Crippen molar-refractivity contribution in [2.45, 2.75) is 44.6 Å². The second kappa shape index (κ2) is 6.61. The average molecular weight is 359 g/mol. The van der Waals surface area contributed by atoms with Crippen LogP contribution >= 0.6 is 0 Å². The van der Waals surface area contributed by atoms with Gasteiger partial charge in [-0.1, -0.05) is 30.3 Å². The number of nitrogens with zero attached hydrogens (tertiary/aromatic N) is 3. The van der Waals surface area contributed by atoms with Crippen LogP contribution in [0.1, 0.15) is 45.8 Å². The highest BCUT2D eigenvalue weighted by Gasteiger charge is 2.27. The van der Waals surface area contributed by atoms with Crippen molar-refractivity contribution in [1.29, 1.82) is 0 Å². The second-order valence-corrected chi connectivity index (χ2v) is 7.33. The van der Waals surface area contributed by atoms with Crippen molar-refractivity contribution in [1.82, 2.24) is 25.5 Å². The Morgan fingerprint density at radius 2 is 2.04 bits per heavy atom. The largest absolute Gasteiger partial charge is 0.348 e. The van der Waals surface area contributed by atoms with Crippen LogP contribution in [0.4, 0.5) is 0 Å². The zero-order valence-corrected chi connectivity index (χ0v) is 15.0. The molecule has 27 heavy (non-hydrogen) atoms. The number of hydrogen-bond donors (Lipinski definition) is 2. The van der Waals surface area contributed by atoms with Gasteiger partial charge in [0.25, 0.3) is 5.91 Å². The molecule has 1 unspecified atom stereocenters. The first-order chi connectivity index (χ1) is 13.3. The number of aryl methyl sites for hydroxylation is 2. The molecule has 0 radical (unpaired) electrons. The predicted molar refractivity (Wildman–Crippen MR) is 101 cm³/mol. The lowest BCUT2D eigenvalue weighted by Gasteiger charge is -2.24. The highest BCUT2D eigenvalue weighted by molar-refractivity contribution is 5.94. The molecule has 3 aromatic rings. The summed E-state index contributed by atoms with van der Waals surface area (Å²) in [5.41, 5.74) is 6.04. The summed E-state index contributed by atoms with van der Waals surface area (Å²) in [6.07, 6.45) is 7.45. The summed E-state index contributed by atoms with van der Waals surface area (Å²) in [6, 6.07) is 10.1. The third kappa shape index (κ3) is 3.01. The topological polar surface area (TPSA) is 83.6 Å². The van der Waals surface area contributed by atoms with Gasteiger partial charge in [0, 0.05) is 34.8 Å². The number of carbonyl (C=O) groups is 1. The van der Waals surface area contributed by atoms with Crippen LogP contribution in [0.2, 0.25) is 0 Å². The molecular formula is C21H21N5O. The number of rotatable bonds is 3. The first-order valence-corrected chi connectivity index (χ1v) is 9.55. The number of aromatic amines is 1. The minimum Gasteiger partial charge on any atom is -0.348 e. The molecule has 2 N–H and O–H groups in total. The van der Waals surface area contributed by atoms with E-state index in [2.05, 4.69) is 20.5 Å². The Bertz CT molecular complexity index is 995. The molecule has 0 saturated heterocycles. The second-order valence-electron chi connectivity index (χ2n) is 7.33. The van der Waals surface area contributed by atoms with E-state index in [1.807, 2.05) is 36.5 Å². The summed E-state index contributed by atoms with van der Waals surface area (Å²) in [4.78, 5) is 21.9. The van der Waals surface area contributed by atoms with Crippen LogP contribution in [0, 0.1) is 0 Å². The standard InChI is InChI=1S/C21H21N5O/c27-21(19-16-7-4-8-18(16)25-26-19)23-15-9-10-17-14(11-15)12-22-20(24-17)13-5-2-1-3-6-13/h1-3,5-6,12,15H,4,7-11H2,(H,23,27)(H,25,26). The fraction of sp³-hybridized carbons (Fsp3) is 0.333. The number of amides is 1. The molecule has 1 atom stereocenters. The van der Waals surface area contributed by atoms with E-state index in [0.717, 1.165) is 72.4 Å². The quantitative estimate of drug-likeness (QED) is 0.753. The Hall–Kier alpha value is -3.02. The monoisotopic (exact) mass is 359 g/mol. The van der Waals surface area contributed by atoms with E-state index in [1.165, 1.54) is 0 Å². The lowest BCUT2D eigenvalue weighted by atomic mass is 9.92. The number of hydrogen-bond acceptors (Lipinski definition) is 4. The number of H-pyrrole nitrogens is 1. The molecule has 6 heteroatoms. The van der Waals surface area contributed by atoms with Gasteiger partial charge in [-0.2, -0.15) is 5.10 Å². The maximum absolute atomic E-state index is 12.7. The lowest BCUT2D eigenvalue weighted by molar-refractivity contribution is 0.0927. The third-order valence-electron chi connectivity index (χ3n) is 5.54. The molecule has 2 heterocycles. The summed E-state index contributed by atoms with van der Waals surface area (Å²) in [6.45, 7) is 0. The molecule has 5 rings (SSSR count). The van der Waals surface area contributed by atoms with E-state index in [9.17, 15) is 4.79 Å². The summed E-state index contributed by atoms with van der Waals surface area (Å²) in [5, 5.41) is 10.4. The highest BCUT2D eigenvalue weighted by Crippen LogP contribution is 2.25. The van der Waals surface area contributed by atoms with Crippen LogP contribution in [-0.4, -0.2) is 32.1 Å². The fourth-order valence-corrected chi connectivity index (χ4v) is 4.12. The van der Waals surface area contributed by atoms with E-state index in [0.29, 0.717) is 5.69 Å². The van der Waals surface area contributed by atoms with Crippen molar-refractivity contribution in [2.75, 3.05) is 0 Å². The number of nitrogens with one attached hydrogen (secondary N) is 2. The van der Waals surface area contributed by atoms with Crippen molar-refractivity contribution < 1.29 is 4.79 Å². The maximum atomic E-state index is 12.7. The molecule has 0 fully saturated rings. The van der Waals surface area contributed by atoms with Gasteiger partial charge in [-0.05, 0) is 44.1 Å². The smallest absolute Gasteiger partial charge is 0.272 e. The van der Waals surface area contributed by atoms with Crippen LogP contribution < -0.4 is 5.32 Å². The van der Waals surface area contributed by atoms with Crippen LogP contribution in [0.25, 0.3) is 11.4 Å².